The molecule has 6 nitrogen and oxygen atoms in total. The smallest absolute Gasteiger partial charge is 0.203 e. The Morgan fingerprint density at radius 3 is 2.68 bits per heavy atom. The summed E-state index contributed by atoms with van der Waals surface area (Å²) in [4.78, 5) is 4.51. The molecular weight excluding hydrogens is 338 g/mol. The Hall–Kier alpha value is -3.06. The van der Waals surface area contributed by atoms with E-state index >= 15 is 0 Å². The first-order chi connectivity index (χ1) is 12.2. The molecule has 3 aromatic rings. The predicted molar refractivity (Wildman–Crippen MR) is 100.0 cm³/mol. The zero-order valence-electron chi connectivity index (χ0n) is 13.8. The van der Waals surface area contributed by atoms with Crippen molar-refractivity contribution in [1.82, 2.24) is 4.98 Å². The number of rotatable bonds is 6. The number of ether oxygens (including phenoxy) is 2. The number of benzene rings is 2. The second-order valence-electron chi connectivity index (χ2n) is 5.04. The fraction of sp³-hybridized carbons (Fsp3) is 0.111. The number of nitrogens with one attached hydrogen (secondary N) is 1. The molecule has 0 radical (unpaired) electrons. The van der Waals surface area contributed by atoms with Gasteiger partial charge in [0.05, 0.1) is 26.1 Å². The highest BCUT2D eigenvalue weighted by Crippen LogP contribution is 2.31. The van der Waals surface area contributed by atoms with Gasteiger partial charge >= 0.3 is 0 Å². The Kier molecular flexibility index (Phi) is 5.15. The van der Waals surface area contributed by atoms with Crippen LogP contribution in [0.3, 0.4) is 0 Å². The molecule has 0 spiro atoms. The molecule has 1 aromatic heterocycles. The maximum Gasteiger partial charge on any atom is 0.203 e. The molecule has 2 N–H and O–H groups in total. The number of para-hydroxylation sites is 1. The summed E-state index contributed by atoms with van der Waals surface area (Å²) in [6.45, 7) is 0. The molecule has 0 unspecified atom stereocenters. The van der Waals surface area contributed by atoms with E-state index in [0.717, 1.165) is 22.6 Å². The van der Waals surface area contributed by atoms with E-state index in [1.54, 1.807) is 31.5 Å². The summed E-state index contributed by atoms with van der Waals surface area (Å²) in [6, 6.07) is 12.8. The minimum atomic E-state index is 0.0687. The molecule has 0 fully saturated rings. The van der Waals surface area contributed by atoms with E-state index < -0.39 is 0 Å². The Morgan fingerprint density at radius 2 is 1.92 bits per heavy atom. The monoisotopic (exact) mass is 355 g/mol. The van der Waals surface area contributed by atoms with Gasteiger partial charge in [-0.25, -0.2) is 4.98 Å². The second kappa shape index (κ2) is 7.67. The van der Waals surface area contributed by atoms with Crippen LogP contribution >= 0.6 is 11.3 Å². The fourth-order valence-electron chi connectivity index (χ4n) is 2.25. The van der Waals surface area contributed by atoms with E-state index in [1.807, 2.05) is 29.6 Å². The molecule has 2 aromatic carbocycles. The number of hydrogen-bond acceptors (Lipinski definition) is 7. The number of anilines is 1. The van der Waals surface area contributed by atoms with Crippen LogP contribution in [0.15, 0.2) is 52.9 Å². The first kappa shape index (κ1) is 16.8. The largest absolute Gasteiger partial charge is 0.504 e. The predicted octanol–water partition coefficient (Wildman–Crippen LogP) is 3.98. The topological polar surface area (TPSA) is 76.0 Å². The van der Waals surface area contributed by atoms with E-state index in [2.05, 4.69) is 15.5 Å². The van der Waals surface area contributed by atoms with Crippen LogP contribution in [0, 0.1) is 0 Å². The lowest BCUT2D eigenvalue weighted by molar-refractivity contribution is 0.373. The van der Waals surface area contributed by atoms with Crippen molar-refractivity contribution in [3.63, 3.8) is 0 Å². The number of hydrazone groups is 1. The van der Waals surface area contributed by atoms with Gasteiger partial charge in [-0.15, -0.1) is 11.3 Å². The Morgan fingerprint density at radius 1 is 1.12 bits per heavy atom. The van der Waals surface area contributed by atoms with Gasteiger partial charge in [0.25, 0.3) is 0 Å². The summed E-state index contributed by atoms with van der Waals surface area (Å²) >= 11 is 1.45. The standard InChI is InChI=1S/C18H17N3O3S/c1-23-16-6-4-3-5-13(16)14-11-25-18(20-14)21-19-10-12-7-8-17(24-2)15(22)9-12/h3-11,22H,1-2H3,(H,20,21)/b19-10-. The first-order valence-electron chi connectivity index (χ1n) is 7.46. The maximum absolute atomic E-state index is 9.76. The molecule has 0 saturated heterocycles. The molecular formula is C18H17N3O3S. The molecule has 7 heteroatoms. The summed E-state index contributed by atoms with van der Waals surface area (Å²) in [7, 11) is 3.14. The Labute approximate surface area is 149 Å². The molecule has 1 heterocycles. The second-order valence-corrected chi connectivity index (χ2v) is 5.90. The van der Waals surface area contributed by atoms with Crippen LogP contribution in [0.2, 0.25) is 0 Å². The lowest BCUT2D eigenvalue weighted by Crippen LogP contribution is -1.92. The van der Waals surface area contributed by atoms with Crippen molar-refractivity contribution in [3.8, 4) is 28.5 Å². The number of aromatic nitrogens is 1. The Bertz CT molecular complexity index is 893. The third kappa shape index (κ3) is 3.89. The first-order valence-corrected chi connectivity index (χ1v) is 8.34. The van der Waals surface area contributed by atoms with Crippen molar-refractivity contribution in [2.24, 2.45) is 5.10 Å². The average molecular weight is 355 g/mol. The van der Waals surface area contributed by atoms with Crippen LogP contribution in [0.5, 0.6) is 17.2 Å². The van der Waals surface area contributed by atoms with Gasteiger partial charge < -0.3 is 14.6 Å². The van der Waals surface area contributed by atoms with Crippen LogP contribution in [0.1, 0.15) is 5.56 Å². The van der Waals surface area contributed by atoms with Gasteiger partial charge in [0.1, 0.15) is 5.75 Å². The van der Waals surface area contributed by atoms with Crippen LogP contribution in [0.4, 0.5) is 5.13 Å². The molecule has 0 saturated carbocycles. The van der Waals surface area contributed by atoms with Crippen LogP contribution in [-0.4, -0.2) is 30.5 Å². The molecule has 0 amide bonds. The van der Waals surface area contributed by atoms with Crippen molar-refractivity contribution in [2.75, 3.05) is 19.6 Å². The van der Waals surface area contributed by atoms with Gasteiger partial charge in [0.15, 0.2) is 11.5 Å². The molecule has 25 heavy (non-hydrogen) atoms. The van der Waals surface area contributed by atoms with E-state index in [4.69, 9.17) is 9.47 Å². The minimum Gasteiger partial charge on any atom is -0.504 e. The van der Waals surface area contributed by atoms with Crippen molar-refractivity contribution >= 4 is 22.7 Å². The molecule has 128 valence electrons. The SMILES string of the molecule is COc1ccc(/C=N\Nc2nc(-c3ccccc3OC)cs2)cc1O. The summed E-state index contributed by atoms with van der Waals surface area (Å²) in [5.74, 6) is 1.27. The lowest BCUT2D eigenvalue weighted by Gasteiger charge is -2.04. The van der Waals surface area contributed by atoms with Gasteiger partial charge in [-0.1, -0.05) is 12.1 Å². The van der Waals surface area contributed by atoms with E-state index in [9.17, 15) is 5.11 Å². The third-order valence-electron chi connectivity index (χ3n) is 3.46. The Balaban J connectivity index is 1.70. The average Bonchev–Trinajstić information content (AvgIpc) is 3.10. The number of methoxy groups -OCH3 is 2. The summed E-state index contributed by atoms with van der Waals surface area (Å²) < 4.78 is 10.4. The van der Waals surface area contributed by atoms with Crippen molar-refractivity contribution in [3.05, 3.63) is 53.4 Å². The van der Waals surface area contributed by atoms with Gasteiger partial charge in [-0.2, -0.15) is 5.10 Å². The zero-order valence-corrected chi connectivity index (χ0v) is 14.6. The highest BCUT2D eigenvalue weighted by Gasteiger charge is 2.09. The fourth-order valence-corrected chi connectivity index (χ4v) is 2.91. The summed E-state index contributed by atoms with van der Waals surface area (Å²) in [6.07, 6.45) is 1.60. The number of phenolic OH excluding ortho intramolecular Hbond substituents is 1. The van der Waals surface area contributed by atoms with E-state index in [-0.39, 0.29) is 5.75 Å². The van der Waals surface area contributed by atoms with Gasteiger partial charge in [-0.3, -0.25) is 5.43 Å². The lowest BCUT2D eigenvalue weighted by atomic mass is 10.1. The zero-order chi connectivity index (χ0) is 17.6. The quantitative estimate of drug-likeness (QED) is 0.517. The number of hydrogen-bond donors (Lipinski definition) is 2. The molecule has 0 aliphatic carbocycles. The number of nitrogens with zero attached hydrogens (tertiary/aromatic N) is 2. The highest BCUT2D eigenvalue weighted by molar-refractivity contribution is 7.14. The number of phenols is 1. The van der Waals surface area contributed by atoms with Crippen molar-refractivity contribution < 1.29 is 14.6 Å². The molecule has 0 bridgehead atoms. The van der Waals surface area contributed by atoms with Gasteiger partial charge in [0, 0.05) is 10.9 Å². The molecule has 3 rings (SSSR count). The van der Waals surface area contributed by atoms with Crippen molar-refractivity contribution in [2.45, 2.75) is 0 Å². The summed E-state index contributed by atoms with van der Waals surface area (Å²) in [5.41, 5.74) is 5.39. The summed E-state index contributed by atoms with van der Waals surface area (Å²) in [5, 5.41) is 16.5. The highest BCUT2D eigenvalue weighted by atomic mass is 32.1. The van der Waals surface area contributed by atoms with Crippen LogP contribution in [0.25, 0.3) is 11.3 Å². The third-order valence-corrected chi connectivity index (χ3v) is 4.21. The number of aromatic hydroxyl groups is 1. The molecule has 0 atom stereocenters. The van der Waals surface area contributed by atoms with E-state index in [0.29, 0.717) is 10.9 Å². The maximum atomic E-state index is 9.76. The van der Waals surface area contributed by atoms with Gasteiger partial charge in [-0.05, 0) is 35.9 Å². The van der Waals surface area contributed by atoms with Crippen molar-refractivity contribution in [1.29, 1.82) is 0 Å². The molecule has 0 aliphatic heterocycles. The molecule has 0 aliphatic rings. The minimum absolute atomic E-state index is 0.0687. The van der Waals surface area contributed by atoms with Crippen LogP contribution in [-0.2, 0) is 0 Å². The normalized spacial score (nSPS) is 10.8. The number of thiazole rings is 1. The van der Waals surface area contributed by atoms with E-state index in [1.165, 1.54) is 18.4 Å². The van der Waals surface area contributed by atoms with Crippen LogP contribution < -0.4 is 14.9 Å². The van der Waals surface area contributed by atoms with Gasteiger partial charge in [0.2, 0.25) is 5.13 Å².